The summed E-state index contributed by atoms with van der Waals surface area (Å²) in [6, 6.07) is 1.66. The molecule has 2 aliphatic heterocycles. The van der Waals surface area contributed by atoms with Gasteiger partial charge in [-0.05, 0) is 44.2 Å². The average molecular weight is 506 g/mol. The fourth-order valence-electron chi connectivity index (χ4n) is 5.74. The fourth-order valence-corrected chi connectivity index (χ4v) is 5.74. The molecule has 2 atom stereocenters. The lowest BCUT2D eigenvalue weighted by molar-refractivity contribution is 0.0442. The van der Waals surface area contributed by atoms with Gasteiger partial charge in [-0.15, -0.1) is 24.7 Å². The molecule has 8 heteroatoms. The number of anilines is 1. The molecular formula is C29H32FN3O4. The highest BCUT2D eigenvalue weighted by Crippen LogP contribution is 2.45. The van der Waals surface area contributed by atoms with Crippen LogP contribution in [0.1, 0.15) is 54.9 Å². The molecule has 2 aromatic rings. The van der Waals surface area contributed by atoms with Gasteiger partial charge >= 0.3 is 5.97 Å². The Kier molecular flexibility index (Phi) is 7.13. The Labute approximate surface area is 216 Å². The number of nitrogens with one attached hydrogen (secondary N) is 1. The molecule has 1 aromatic carbocycles. The standard InChI is InChI=1S/C29H32FN3O4/c1-4-7-18(8-5-2)17-37-29(35)22-15-33(20-10-11-20)25-21(27(22)34)13-23(30)26(28(25)36-3)32-14-19-9-6-12-31-24(19)16-32/h1-2,13,15,18-20,24,31H,6-12,14,16-17H2,3H3. The quantitative estimate of drug-likeness (QED) is 0.438. The summed E-state index contributed by atoms with van der Waals surface area (Å²) in [5.41, 5.74) is 0.179. The van der Waals surface area contributed by atoms with E-state index in [2.05, 4.69) is 17.2 Å². The summed E-state index contributed by atoms with van der Waals surface area (Å²) in [6.07, 6.45) is 17.0. The number of aromatic nitrogens is 1. The number of halogens is 1. The largest absolute Gasteiger partial charge is 0.492 e. The zero-order valence-electron chi connectivity index (χ0n) is 21.1. The molecule has 3 aliphatic rings. The van der Waals surface area contributed by atoms with Crippen molar-refractivity contribution in [1.82, 2.24) is 9.88 Å². The van der Waals surface area contributed by atoms with Gasteiger partial charge in [0.25, 0.3) is 0 Å². The Hall–Kier alpha value is -3.49. The second kappa shape index (κ2) is 10.5. The Morgan fingerprint density at radius 3 is 2.65 bits per heavy atom. The van der Waals surface area contributed by atoms with Crippen LogP contribution in [0.15, 0.2) is 17.1 Å². The van der Waals surface area contributed by atoms with Crippen molar-refractivity contribution in [1.29, 1.82) is 0 Å². The normalized spacial score (nSPS) is 20.9. The fraction of sp³-hybridized carbons (Fsp3) is 0.517. The highest BCUT2D eigenvalue weighted by Gasteiger charge is 2.38. The lowest BCUT2D eigenvalue weighted by atomic mass is 9.94. The van der Waals surface area contributed by atoms with Crippen molar-refractivity contribution in [2.24, 2.45) is 11.8 Å². The van der Waals surface area contributed by atoms with Gasteiger partial charge in [-0.3, -0.25) is 4.79 Å². The highest BCUT2D eigenvalue weighted by atomic mass is 19.1. The zero-order valence-corrected chi connectivity index (χ0v) is 21.1. The molecule has 0 radical (unpaired) electrons. The van der Waals surface area contributed by atoms with Crippen molar-refractivity contribution in [3.05, 3.63) is 33.9 Å². The van der Waals surface area contributed by atoms with Gasteiger partial charge in [0.05, 0.1) is 24.6 Å². The van der Waals surface area contributed by atoms with E-state index >= 15 is 4.39 Å². The minimum Gasteiger partial charge on any atom is -0.492 e. The Balaban J connectivity index is 1.55. The van der Waals surface area contributed by atoms with Crippen LogP contribution in [-0.4, -0.2) is 49.9 Å². The maximum absolute atomic E-state index is 15.7. The lowest BCUT2D eigenvalue weighted by Crippen LogP contribution is -2.40. The second-order valence-electron chi connectivity index (χ2n) is 10.3. The number of fused-ring (bicyclic) bond motifs is 2. The van der Waals surface area contributed by atoms with Gasteiger partial charge in [-0.2, -0.15) is 0 Å². The number of ether oxygens (including phenoxy) is 2. The van der Waals surface area contributed by atoms with Crippen molar-refractivity contribution in [3.63, 3.8) is 0 Å². The van der Waals surface area contributed by atoms with Crippen LogP contribution in [0.4, 0.5) is 10.1 Å². The lowest BCUT2D eigenvalue weighted by Gasteiger charge is -2.25. The first kappa shape index (κ1) is 25.2. The van der Waals surface area contributed by atoms with Crippen LogP contribution >= 0.6 is 0 Å². The number of terminal acetylenes is 2. The zero-order chi connectivity index (χ0) is 26.1. The molecule has 1 N–H and O–H groups in total. The summed E-state index contributed by atoms with van der Waals surface area (Å²) in [5.74, 6) is 4.36. The number of nitrogens with zero attached hydrogens (tertiary/aromatic N) is 2. The molecule has 5 rings (SSSR count). The van der Waals surface area contributed by atoms with Crippen molar-refractivity contribution >= 4 is 22.6 Å². The number of rotatable bonds is 8. The topological polar surface area (TPSA) is 72.8 Å². The maximum Gasteiger partial charge on any atom is 0.343 e. The molecule has 2 saturated heterocycles. The number of hydrogen-bond donors (Lipinski definition) is 1. The molecule has 37 heavy (non-hydrogen) atoms. The number of piperidine rings is 1. The van der Waals surface area contributed by atoms with E-state index in [1.54, 1.807) is 0 Å². The van der Waals surface area contributed by atoms with Crippen LogP contribution < -0.4 is 20.4 Å². The molecule has 0 spiro atoms. The van der Waals surface area contributed by atoms with E-state index in [1.165, 1.54) is 19.4 Å². The third kappa shape index (κ3) is 4.79. The SMILES string of the molecule is C#CCC(CC#C)COC(=O)c1cn(C2CC2)c2c(OC)c(N3CC4CCCNC4C3)c(F)cc2c1=O. The first-order valence-corrected chi connectivity index (χ1v) is 12.9. The average Bonchev–Trinajstić information content (AvgIpc) is 3.65. The van der Waals surface area contributed by atoms with Crippen LogP contribution in [0.25, 0.3) is 10.9 Å². The van der Waals surface area contributed by atoms with Gasteiger partial charge in [0, 0.05) is 50.1 Å². The maximum atomic E-state index is 15.7. The first-order chi connectivity index (χ1) is 18.0. The van der Waals surface area contributed by atoms with Crippen LogP contribution in [0.2, 0.25) is 0 Å². The molecular weight excluding hydrogens is 473 g/mol. The monoisotopic (exact) mass is 505 g/mol. The Morgan fingerprint density at radius 1 is 1.24 bits per heavy atom. The van der Waals surface area contributed by atoms with E-state index in [9.17, 15) is 9.59 Å². The molecule has 1 saturated carbocycles. The highest BCUT2D eigenvalue weighted by molar-refractivity contribution is 5.97. The number of benzene rings is 1. The number of methoxy groups -OCH3 is 1. The van der Waals surface area contributed by atoms with Crippen LogP contribution in [0.3, 0.4) is 0 Å². The van der Waals surface area contributed by atoms with Crippen molar-refractivity contribution in [3.8, 4) is 30.4 Å². The van der Waals surface area contributed by atoms with Crippen molar-refractivity contribution < 1.29 is 18.7 Å². The van der Waals surface area contributed by atoms with Crippen LogP contribution in [0.5, 0.6) is 5.75 Å². The Bertz CT molecular complexity index is 1320. The first-order valence-electron chi connectivity index (χ1n) is 12.9. The van der Waals surface area contributed by atoms with Crippen molar-refractivity contribution in [2.75, 3.05) is 38.3 Å². The van der Waals surface area contributed by atoms with Crippen molar-refractivity contribution in [2.45, 2.75) is 50.6 Å². The summed E-state index contributed by atoms with van der Waals surface area (Å²) >= 11 is 0. The molecule has 0 amide bonds. The predicted molar refractivity (Wildman–Crippen MR) is 140 cm³/mol. The summed E-state index contributed by atoms with van der Waals surface area (Å²) < 4.78 is 28.9. The van der Waals surface area contributed by atoms with Crippen LogP contribution in [0, 0.1) is 42.3 Å². The molecule has 2 unspecified atom stereocenters. The summed E-state index contributed by atoms with van der Waals surface area (Å²) in [5, 5.41) is 3.66. The minimum atomic E-state index is -0.765. The van der Waals surface area contributed by atoms with E-state index in [1.807, 2.05) is 9.47 Å². The molecule has 3 heterocycles. The van der Waals surface area contributed by atoms with Gasteiger partial charge in [0.15, 0.2) is 11.6 Å². The number of esters is 1. The van der Waals surface area contributed by atoms with E-state index < -0.39 is 17.2 Å². The molecule has 0 bridgehead atoms. The molecule has 7 nitrogen and oxygen atoms in total. The molecule has 194 valence electrons. The molecule has 1 aliphatic carbocycles. The van der Waals surface area contributed by atoms with Gasteiger partial charge in [-0.25, -0.2) is 9.18 Å². The van der Waals surface area contributed by atoms with E-state index in [0.29, 0.717) is 48.3 Å². The number of hydrogen-bond acceptors (Lipinski definition) is 6. The number of pyridine rings is 1. The third-order valence-corrected chi connectivity index (χ3v) is 7.74. The van der Waals surface area contributed by atoms with Gasteiger partial charge < -0.3 is 24.3 Å². The van der Waals surface area contributed by atoms with Crippen LogP contribution in [-0.2, 0) is 4.74 Å². The summed E-state index contributed by atoms with van der Waals surface area (Å²) in [7, 11) is 1.50. The van der Waals surface area contributed by atoms with Gasteiger partial charge in [-0.1, -0.05) is 0 Å². The van der Waals surface area contributed by atoms with E-state index in [0.717, 1.165) is 38.8 Å². The van der Waals surface area contributed by atoms with Gasteiger partial charge in [0.2, 0.25) is 5.43 Å². The van der Waals surface area contributed by atoms with E-state index in [-0.39, 0.29) is 29.5 Å². The second-order valence-corrected chi connectivity index (χ2v) is 10.3. The Morgan fingerprint density at radius 2 is 2.00 bits per heavy atom. The molecule has 1 aromatic heterocycles. The molecule has 3 fully saturated rings. The minimum absolute atomic E-state index is 0.0100. The number of carbonyl (C=O) groups excluding carboxylic acids is 1. The number of carbonyl (C=O) groups is 1. The summed E-state index contributed by atoms with van der Waals surface area (Å²) in [4.78, 5) is 28.5. The predicted octanol–water partition coefficient (Wildman–Crippen LogP) is 3.49. The smallest absolute Gasteiger partial charge is 0.343 e. The summed E-state index contributed by atoms with van der Waals surface area (Å²) in [6.45, 7) is 2.39. The van der Waals surface area contributed by atoms with E-state index in [4.69, 9.17) is 22.3 Å². The third-order valence-electron chi connectivity index (χ3n) is 7.74. The van der Waals surface area contributed by atoms with Gasteiger partial charge in [0.1, 0.15) is 11.3 Å².